The van der Waals surface area contributed by atoms with E-state index in [0.29, 0.717) is 16.7 Å². The number of carbonyl (C=O) groups is 2. The molecule has 2 N–H and O–H groups in total. The van der Waals surface area contributed by atoms with Gasteiger partial charge in [0.1, 0.15) is 5.82 Å². The van der Waals surface area contributed by atoms with Gasteiger partial charge in [-0.3, -0.25) is 9.59 Å². The summed E-state index contributed by atoms with van der Waals surface area (Å²) in [5.41, 5.74) is 1.61. The van der Waals surface area contributed by atoms with Gasteiger partial charge in [-0.05, 0) is 23.8 Å². The molecule has 3 rings (SSSR count). The lowest BCUT2D eigenvalue weighted by atomic mass is 10.1. The second-order valence-electron chi connectivity index (χ2n) is 5.68. The SMILES string of the molecule is C=CC(=O)NCc1ccc(CNC(=O)c2csc3ccccc23)c(F)c1. The lowest BCUT2D eigenvalue weighted by Crippen LogP contribution is -2.23. The standard InChI is InChI=1S/C20H17FN2O2S/c1-2-19(24)22-10-13-7-8-14(17(21)9-13)11-23-20(25)16-12-26-18-6-4-3-5-15(16)18/h2-9,12H,1,10-11H2,(H,22,24)(H,23,25). The summed E-state index contributed by atoms with van der Waals surface area (Å²) in [5.74, 6) is -0.972. The summed E-state index contributed by atoms with van der Waals surface area (Å²) >= 11 is 1.50. The van der Waals surface area contributed by atoms with Gasteiger partial charge in [-0.15, -0.1) is 11.3 Å². The Morgan fingerprint density at radius 2 is 1.92 bits per heavy atom. The number of thiophene rings is 1. The first-order valence-corrected chi connectivity index (χ1v) is 8.88. The van der Waals surface area contributed by atoms with Gasteiger partial charge in [-0.2, -0.15) is 0 Å². The van der Waals surface area contributed by atoms with Crippen molar-refractivity contribution in [2.24, 2.45) is 0 Å². The molecule has 6 heteroatoms. The number of nitrogens with one attached hydrogen (secondary N) is 2. The van der Waals surface area contributed by atoms with Crippen LogP contribution in [0.1, 0.15) is 21.5 Å². The van der Waals surface area contributed by atoms with E-state index in [-0.39, 0.29) is 24.9 Å². The first-order chi connectivity index (χ1) is 12.6. The normalized spacial score (nSPS) is 10.5. The molecule has 0 aliphatic heterocycles. The van der Waals surface area contributed by atoms with Gasteiger partial charge in [0.2, 0.25) is 5.91 Å². The van der Waals surface area contributed by atoms with Crippen molar-refractivity contribution in [1.29, 1.82) is 0 Å². The lowest BCUT2D eigenvalue weighted by Gasteiger charge is -2.08. The van der Waals surface area contributed by atoms with E-state index in [1.807, 2.05) is 29.6 Å². The number of amides is 2. The highest BCUT2D eigenvalue weighted by Crippen LogP contribution is 2.25. The average molecular weight is 368 g/mol. The number of halogens is 1. The van der Waals surface area contributed by atoms with Crippen LogP contribution in [0, 0.1) is 5.82 Å². The second-order valence-corrected chi connectivity index (χ2v) is 6.59. The molecule has 2 amide bonds. The Labute approximate surface area is 154 Å². The van der Waals surface area contributed by atoms with Gasteiger partial charge < -0.3 is 10.6 Å². The maximum absolute atomic E-state index is 14.2. The van der Waals surface area contributed by atoms with Crippen molar-refractivity contribution in [1.82, 2.24) is 10.6 Å². The van der Waals surface area contributed by atoms with Gasteiger partial charge >= 0.3 is 0 Å². The summed E-state index contributed by atoms with van der Waals surface area (Å²) < 4.78 is 15.3. The molecule has 0 saturated carbocycles. The molecule has 0 bridgehead atoms. The van der Waals surface area contributed by atoms with Gasteiger partial charge in [-0.25, -0.2) is 4.39 Å². The van der Waals surface area contributed by atoms with E-state index in [1.54, 1.807) is 12.1 Å². The predicted molar refractivity (Wildman–Crippen MR) is 101 cm³/mol. The maximum Gasteiger partial charge on any atom is 0.253 e. The van der Waals surface area contributed by atoms with Crippen LogP contribution in [0.2, 0.25) is 0 Å². The zero-order chi connectivity index (χ0) is 18.5. The highest BCUT2D eigenvalue weighted by molar-refractivity contribution is 7.17. The third-order valence-corrected chi connectivity index (χ3v) is 4.90. The van der Waals surface area contributed by atoms with Crippen molar-refractivity contribution in [3.8, 4) is 0 Å². The van der Waals surface area contributed by atoms with Gasteiger partial charge in [-0.1, -0.05) is 36.9 Å². The summed E-state index contributed by atoms with van der Waals surface area (Å²) in [6.07, 6.45) is 1.16. The van der Waals surface area contributed by atoms with Gasteiger partial charge in [0.05, 0.1) is 5.56 Å². The van der Waals surface area contributed by atoms with E-state index in [0.717, 1.165) is 16.2 Å². The Kier molecular flexibility index (Phi) is 5.43. The molecule has 0 saturated heterocycles. The predicted octanol–water partition coefficient (Wildman–Crippen LogP) is 3.77. The molecule has 4 nitrogen and oxygen atoms in total. The molecular formula is C20H17FN2O2S. The van der Waals surface area contributed by atoms with Crippen molar-refractivity contribution >= 4 is 33.2 Å². The number of carbonyl (C=O) groups excluding carboxylic acids is 2. The van der Waals surface area contributed by atoms with Crippen LogP contribution in [0.25, 0.3) is 10.1 Å². The smallest absolute Gasteiger partial charge is 0.253 e. The summed E-state index contributed by atoms with van der Waals surface area (Å²) in [6.45, 7) is 3.67. The number of hydrogen-bond donors (Lipinski definition) is 2. The third-order valence-electron chi connectivity index (χ3n) is 3.93. The topological polar surface area (TPSA) is 58.2 Å². The molecule has 0 spiro atoms. The Hall–Kier alpha value is -2.99. The summed E-state index contributed by atoms with van der Waals surface area (Å²) in [7, 11) is 0. The fraction of sp³-hybridized carbons (Fsp3) is 0.100. The molecule has 1 heterocycles. The largest absolute Gasteiger partial charge is 0.348 e. The molecule has 3 aromatic rings. The number of fused-ring (bicyclic) bond motifs is 1. The quantitative estimate of drug-likeness (QED) is 0.651. The fourth-order valence-electron chi connectivity index (χ4n) is 2.53. The molecule has 26 heavy (non-hydrogen) atoms. The Balaban J connectivity index is 1.65. The van der Waals surface area contributed by atoms with E-state index >= 15 is 0 Å². The minimum atomic E-state index is -0.425. The van der Waals surface area contributed by atoms with Crippen molar-refractivity contribution in [3.63, 3.8) is 0 Å². The van der Waals surface area contributed by atoms with Crippen molar-refractivity contribution in [3.05, 3.63) is 83.0 Å². The van der Waals surface area contributed by atoms with Crippen LogP contribution in [0.15, 0.2) is 60.5 Å². The molecule has 0 unspecified atom stereocenters. The number of benzene rings is 2. The molecule has 0 atom stereocenters. The van der Waals surface area contributed by atoms with Crippen molar-refractivity contribution in [2.45, 2.75) is 13.1 Å². The van der Waals surface area contributed by atoms with Crippen LogP contribution >= 0.6 is 11.3 Å². The first-order valence-electron chi connectivity index (χ1n) is 8.00. The average Bonchev–Trinajstić information content (AvgIpc) is 3.09. The minimum absolute atomic E-state index is 0.0914. The van der Waals surface area contributed by atoms with Gasteiger partial charge in [0.25, 0.3) is 5.91 Å². The maximum atomic E-state index is 14.2. The van der Waals surface area contributed by atoms with E-state index in [9.17, 15) is 14.0 Å². The molecule has 0 aliphatic rings. The zero-order valence-electron chi connectivity index (χ0n) is 13.9. The monoisotopic (exact) mass is 368 g/mol. The van der Waals surface area contributed by atoms with Crippen LogP contribution in [0.3, 0.4) is 0 Å². The molecule has 0 aliphatic carbocycles. The number of rotatable bonds is 6. The first kappa shape index (κ1) is 17.8. The van der Waals surface area contributed by atoms with E-state index in [1.165, 1.54) is 17.4 Å². The van der Waals surface area contributed by atoms with E-state index < -0.39 is 5.82 Å². The molecule has 0 radical (unpaired) electrons. The van der Waals surface area contributed by atoms with Gasteiger partial charge in [0.15, 0.2) is 0 Å². The van der Waals surface area contributed by atoms with Crippen molar-refractivity contribution in [2.75, 3.05) is 0 Å². The second kappa shape index (κ2) is 7.93. The summed E-state index contributed by atoms with van der Waals surface area (Å²) in [6, 6.07) is 12.3. The Bertz CT molecular complexity index is 981. The fourth-order valence-corrected chi connectivity index (χ4v) is 3.47. The third kappa shape index (κ3) is 3.97. The van der Waals surface area contributed by atoms with Crippen molar-refractivity contribution < 1.29 is 14.0 Å². The molecular weight excluding hydrogens is 351 g/mol. The summed E-state index contributed by atoms with van der Waals surface area (Å²) in [4.78, 5) is 23.5. The summed E-state index contributed by atoms with van der Waals surface area (Å²) in [5, 5.41) is 8.05. The number of hydrogen-bond acceptors (Lipinski definition) is 3. The minimum Gasteiger partial charge on any atom is -0.348 e. The highest BCUT2D eigenvalue weighted by atomic mass is 32.1. The molecule has 0 fully saturated rings. The zero-order valence-corrected chi connectivity index (χ0v) is 14.7. The Morgan fingerprint density at radius 1 is 1.12 bits per heavy atom. The van der Waals surface area contributed by atoms with E-state index in [2.05, 4.69) is 17.2 Å². The Morgan fingerprint density at radius 3 is 2.69 bits per heavy atom. The molecule has 1 aromatic heterocycles. The van der Waals surface area contributed by atoms with Crippen LogP contribution in [-0.4, -0.2) is 11.8 Å². The van der Waals surface area contributed by atoms with E-state index in [4.69, 9.17) is 0 Å². The van der Waals surface area contributed by atoms with Gasteiger partial charge in [0, 0.05) is 34.1 Å². The van der Waals surface area contributed by atoms with Crippen LogP contribution in [-0.2, 0) is 17.9 Å². The lowest BCUT2D eigenvalue weighted by molar-refractivity contribution is -0.116. The highest BCUT2D eigenvalue weighted by Gasteiger charge is 2.12. The van der Waals surface area contributed by atoms with Crippen LogP contribution in [0.5, 0.6) is 0 Å². The van der Waals surface area contributed by atoms with Crippen LogP contribution in [0.4, 0.5) is 4.39 Å². The molecule has 2 aromatic carbocycles. The molecule has 132 valence electrons. The van der Waals surface area contributed by atoms with Crippen LogP contribution < -0.4 is 10.6 Å².